The average molecular weight is 698 g/mol. The summed E-state index contributed by atoms with van der Waals surface area (Å²) in [6, 6.07) is 15.6. The second-order valence-corrected chi connectivity index (χ2v) is 10.7. The Kier molecular flexibility index (Phi) is 9.48. The van der Waals surface area contributed by atoms with E-state index in [1.54, 1.807) is 12.1 Å². The summed E-state index contributed by atoms with van der Waals surface area (Å²) >= 11 is 2.72. The number of imide groups is 1. The number of methoxy groups -OCH3 is 2. The summed E-state index contributed by atoms with van der Waals surface area (Å²) in [6.07, 6.45) is -3.15. The monoisotopic (exact) mass is 698 g/mol. The lowest BCUT2D eigenvalue weighted by Crippen LogP contribution is -2.36. The largest absolute Gasteiger partial charge is 0.495 e. The van der Waals surface area contributed by atoms with E-state index in [-0.39, 0.29) is 16.3 Å². The second-order valence-electron chi connectivity index (χ2n) is 8.54. The van der Waals surface area contributed by atoms with Crippen molar-refractivity contribution in [3.8, 4) is 17.2 Å². The van der Waals surface area contributed by atoms with Crippen LogP contribution in [0.5, 0.6) is 17.2 Å². The summed E-state index contributed by atoms with van der Waals surface area (Å²) in [4.78, 5) is 39.0. The summed E-state index contributed by atoms with van der Waals surface area (Å²) in [5, 5.41) is 1.59. The molecule has 0 bridgehead atoms. The van der Waals surface area contributed by atoms with E-state index in [4.69, 9.17) is 14.2 Å². The first kappa shape index (κ1) is 30.2. The Hall–Kier alpha value is -3.72. The van der Waals surface area contributed by atoms with E-state index in [1.807, 2.05) is 30.3 Å². The first-order valence-corrected chi connectivity index (χ1v) is 13.7. The quantitative estimate of drug-likeness (QED) is 0.199. The Morgan fingerprint density at radius 2 is 1.73 bits per heavy atom. The van der Waals surface area contributed by atoms with Gasteiger partial charge in [0.15, 0.2) is 11.5 Å². The van der Waals surface area contributed by atoms with Gasteiger partial charge in [0.05, 0.1) is 33.9 Å². The molecule has 41 heavy (non-hydrogen) atoms. The summed E-state index contributed by atoms with van der Waals surface area (Å²) in [6.45, 7) is -0.381. The molecule has 214 valence electrons. The SMILES string of the molecule is COc1ccc(C(F)(F)F)cc1NC(=O)CN1C(=O)S/C(=C\c2cc(I)c(OCc3ccccc3)c(OC)c2)C1=O. The van der Waals surface area contributed by atoms with Gasteiger partial charge in [0, 0.05) is 0 Å². The Balaban J connectivity index is 1.48. The standard InChI is InChI=1S/C28H22F3IN2O6S/c1-38-21-9-8-18(28(29,30)31)13-20(21)33-24(35)14-34-26(36)23(41-27(34)37)12-17-10-19(32)25(22(11-17)39-2)40-15-16-6-4-3-5-7-16/h3-13H,14-15H2,1-2H3,(H,33,35)/b23-12-. The normalized spacial score (nSPS) is 14.4. The van der Waals surface area contributed by atoms with Crippen molar-refractivity contribution in [2.45, 2.75) is 12.8 Å². The predicted molar refractivity (Wildman–Crippen MR) is 156 cm³/mol. The first-order valence-electron chi connectivity index (χ1n) is 11.8. The van der Waals surface area contributed by atoms with E-state index in [1.165, 1.54) is 20.3 Å². The summed E-state index contributed by atoms with van der Waals surface area (Å²) in [7, 11) is 2.72. The third kappa shape index (κ3) is 7.33. The number of rotatable bonds is 9. The molecule has 3 aromatic rings. The molecule has 0 unspecified atom stereocenters. The van der Waals surface area contributed by atoms with Crippen LogP contribution in [0.3, 0.4) is 0 Å². The van der Waals surface area contributed by atoms with Gasteiger partial charge in [-0.05, 0) is 81.9 Å². The molecule has 1 aliphatic heterocycles. The van der Waals surface area contributed by atoms with Gasteiger partial charge in [0.1, 0.15) is 18.9 Å². The minimum Gasteiger partial charge on any atom is -0.495 e. The molecule has 0 saturated carbocycles. The fourth-order valence-electron chi connectivity index (χ4n) is 3.80. The van der Waals surface area contributed by atoms with Crippen molar-refractivity contribution in [2.75, 3.05) is 26.1 Å². The van der Waals surface area contributed by atoms with E-state index in [0.29, 0.717) is 50.0 Å². The predicted octanol–water partition coefficient (Wildman–Crippen LogP) is 6.58. The van der Waals surface area contributed by atoms with Crippen LogP contribution in [0.15, 0.2) is 65.6 Å². The van der Waals surface area contributed by atoms with Gasteiger partial charge in [-0.25, -0.2) is 0 Å². The van der Waals surface area contributed by atoms with E-state index in [9.17, 15) is 27.6 Å². The fraction of sp³-hybridized carbons (Fsp3) is 0.179. The van der Waals surface area contributed by atoms with Crippen LogP contribution in [0.4, 0.5) is 23.7 Å². The minimum atomic E-state index is -4.64. The molecule has 13 heteroatoms. The highest BCUT2D eigenvalue weighted by Crippen LogP contribution is 2.38. The molecule has 3 aromatic carbocycles. The summed E-state index contributed by atoms with van der Waals surface area (Å²) < 4.78 is 56.5. The van der Waals surface area contributed by atoms with Gasteiger partial charge in [-0.1, -0.05) is 30.3 Å². The lowest BCUT2D eigenvalue weighted by molar-refractivity contribution is -0.137. The van der Waals surface area contributed by atoms with Gasteiger partial charge < -0.3 is 19.5 Å². The van der Waals surface area contributed by atoms with Crippen molar-refractivity contribution in [3.63, 3.8) is 0 Å². The molecular formula is C28H22F3IN2O6S. The zero-order valence-corrected chi connectivity index (χ0v) is 24.6. The smallest absolute Gasteiger partial charge is 0.416 e. The van der Waals surface area contributed by atoms with Crippen LogP contribution in [0.25, 0.3) is 6.08 Å². The molecule has 0 aliphatic carbocycles. The third-order valence-electron chi connectivity index (χ3n) is 5.75. The Bertz CT molecular complexity index is 1510. The van der Waals surface area contributed by atoms with Crippen LogP contribution in [-0.4, -0.2) is 42.7 Å². The molecule has 1 saturated heterocycles. The van der Waals surface area contributed by atoms with Crippen LogP contribution in [0.2, 0.25) is 0 Å². The molecule has 1 fully saturated rings. The fourth-order valence-corrected chi connectivity index (χ4v) is 5.42. The molecule has 1 aliphatic rings. The number of amides is 3. The number of ether oxygens (including phenoxy) is 3. The van der Waals surface area contributed by atoms with Crippen molar-refractivity contribution in [1.82, 2.24) is 4.90 Å². The maximum absolute atomic E-state index is 13.1. The minimum absolute atomic E-state index is 0.0138. The number of nitrogens with zero attached hydrogens (tertiary/aromatic N) is 1. The van der Waals surface area contributed by atoms with Crippen LogP contribution < -0.4 is 19.5 Å². The molecule has 0 aromatic heterocycles. The molecule has 1 N–H and O–H groups in total. The molecular weight excluding hydrogens is 676 g/mol. The lowest BCUT2D eigenvalue weighted by atomic mass is 10.1. The van der Waals surface area contributed by atoms with Gasteiger partial charge in [-0.2, -0.15) is 13.2 Å². The van der Waals surface area contributed by atoms with Crippen LogP contribution in [0.1, 0.15) is 16.7 Å². The summed E-state index contributed by atoms with van der Waals surface area (Å²) in [5.74, 6) is -0.663. The van der Waals surface area contributed by atoms with Gasteiger partial charge in [0.2, 0.25) is 5.91 Å². The van der Waals surface area contributed by atoms with E-state index < -0.39 is 35.3 Å². The van der Waals surface area contributed by atoms with E-state index >= 15 is 0 Å². The third-order valence-corrected chi connectivity index (χ3v) is 7.46. The Morgan fingerprint density at radius 3 is 2.39 bits per heavy atom. The molecule has 0 radical (unpaired) electrons. The highest BCUT2D eigenvalue weighted by molar-refractivity contribution is 14.1. The highest BCUT2D eigenvalue weighted by atomic mass is 127. The van der Waals surface area contributed by atoms with Crippen molar-refractivity contribution < 1.29 is 41.8 Å². The zero-order chi connectivity index (χ0) is 29.7. The number of benzene rings is 3. The maximum Gasteiger partial charge on any atom is 0.416 e. The van der Waals surface area contributed by atoms with Crippen LogP contribution >= 0.6 is 34.4 Å². The Morgan fingerprint density at radius 1 is 1.02 bits per heavy atom. The molecule has 0 atom stereocenters. The molecule has 3 amide bonds. The van der Waals surface area contributed by atoms with Gasteiger partial charge >= 0.3 is 6.18 Å². The molecule has 8 nitrogen and oxygen atoms in total. The van der Waals surface area contributed by atoms with Crippen LogP contribution in [-0.2, 0) is 22.4 Å². The number of carbonyl (C=O) groups excluding carboxylic acids is 3. The van der Waals surface area contributed by atoms with Crippen molar-refractivity contribution in [1.29, 1.82) is 0 Å². The lowest BCUT2D eigenvalue weighted by Gasteiger charge is -2.16. The van der Waals surface area contributed by atoms with Crippen LogP contribution in [0, 0.1) is 3.57 Å². The molecule has 0 spiro atoms. The summed E-state index contributed by atoms with van der Waals surface area (Å²) in [5.41, 5.74) is 0.288. The molecule has 1 heterocycles. The van der Waals surface area contributed by atoms with Gasteiger partial charge in [-0.3, -0.25) is 19.3 Å². The number of nitrogens with one attached hydrogen (secondary N) is 1. The number of anilines is 1. The second kappa shape index (κ2) is 12.9. The first-order chi connectivity index (χ1) is 19.5. The highest BCUT2D eigenvalue weighted by Gasteiger charge is 2.37. The van der Waals surface area contributed by atoms with Gasteiger partial charge in [-0.15, -0.1) is 0 Å². The number of alkyl halides is 3. The number of halogens is 4. The van der Waals surface area contributed by atoms with Gasteiger partial charge in [0.25, 0.3) is 11.1 Å². The Labute approximate surface area is 251 Å². The molecule has 4 rings (SSSR count). The van der Waals surface area contributed by atoms with Crippen molar-refractivity contribution in [2.24, 2.45) is 0 Å². The topological polar surface area (TPSA) is 94.2 Å². The number of hydrogen-bond donors (Lipinski definition) is 1. The number of thioether (sulfide) groups is 1. The number of carbonyl (C=O) groups is 3. The number of hydrogen-bond acceptors (Lipinski definition) is 7. The zero-order valence-electron chi connectivity index (χ0n) is 21.6. The maximum atomic E-state index is 13.1. The van der Waals surface area contributed by atoms with Crippen molar-refractivity contribution in [3.05, 3.63) is 85.8 Å². The average Bonchev–Trinajstić information content (AvgIpc) is 3.19. The van der Waals surface area contributed by atoms with Crippen molar-refractivity contribution >= 4 is 63.2 Å². The van der Waals surface area contributed by atoms with E-state index in [0.717, 1.165) is 17.7 Å². The van der Waals surface area contributed by atoms with E-state index in [2.05, 4.69) is 27.9 Å².